The average molecular weight is 330 g/mol. The topological polar surface area (TPSA) is 50.7 Å². The second kappa shape index (κ2) is 6.59. The van der Waals surface area contributed by atoms with E-state index in [0.29, 0.717) is 28.4 Å². The molecule has 0 fully saturated rings. The highest BCUT2D eigenvalue weighted by Crippen LogP contribution is 2.22. The number of H-pyrrole nitrogens is 1. The van der Waals surface area contributed by atoms with Gasteiger partial charge < -0.3 is 4.98 Å². The zero-order valence-corrected chi connectivity index (χ0v) is 14.2. The maximum atomic E-state index is 12.9. The van der Waals surface area contributed by atoms with Crippen LogP contribution in [0.1, 0.15) is 31.9 Å². The van der Waals surface area contributed by atoms with Gasteiger partial charge in [-0.1, -0.05) is 43.5 Å². The highest BCUT2D eigenvalue weighted by molar-refractivity contribution is 6.30. The van der Waals surface area contributed by atoms with E-state index >= 15 is 0 Å². The fraction of sp³-hybridized carbons (Fsp3) is 0.333. The number of unbranched alkanes of at least 4 members (excludes halogenated alkanes) is 2. The summed E-state index contributed by atoms with van der Waals surface area (Å²) in [6.07, 6.45) is 3.16. The molecule has 0 unspecified atom stereocenters. The van der Waals surface area contributed by atoms with Gasteiger partial charge in [0.15, 0.2) is 0 Å². The van der Waals surface area contributed by atoms with Gasteiger partial charge in [-0.15, -0.1) is 0 Å². The van der Waals surface area contributed by atoms with Gasteiger partial charge in [-0.2, -0.15) is 0 Å². The van der Waals surface area contributed by atoms with Crippen LogP contribution in [-0.4, -0.2) is 14.5 Å². The second-order valence-corrected chi connectivity index (χ2v) is 6.26. The zero-order chi connectivity index (χ0) is 16.4. The van der Waals surface area contributed by atoms with Crippen LogP contribution in [0.15, 0.2) is 35.1 Å². The summed E-state index contributed by atoms with van der Waals surface area (Å²) in [6.45, 7) is 4.75. The molecule has 0 aliphatic carbocycles. The van der Waals surface area contributed by atoms with E-state index in [4.69, 9.17) is 16.6 Å². The molecule has 0 radical (unpaired) electrons. The molecule has 0 amide bonds. The van der Waals surface area contributed by atoms with Gasteiger partial charge in [0, 0.05) is 22.8 Å². The number of hydrogen-bond acceptors (Lipinski definition) is 2. The summed E-state index contributed by atoms with van der Waals surface area (Å²) >= 11 is 6.11. The second-order valence-electron chi connectivity index (χ2n) is 5.82. The van der Waals surface area contributed by atoms with Crippen molar-refractivity contribution in [3.8, 4) is 11.4 Å². The number of hydrogen-bond donors (Lipinski definition) is 1. The molecule has 120 valence electrons. The van der Waals surface area contributed by atoms with Crippen molar-refractivity contribution in [2.24, 2.45) is 0 Å². The molecule has 0 saturated carbocycles. The number of fused-ring (bicyclic) bond motifs is 1. The Kier molecular flexibility index (Phi) is 4.53. The molecule has 4 nitrogen and oxygen atoms in total. The third-order valence-corrected chi connectivity index (χ3v) is 4.18. The van der Waals surface area contributed by atoms with Gasteiger partial charge in [-0.25, -0.2) is 4.98 Å². The Morgan fingerprint density at radius 2 is 2.09 bits per heavy atom. The molecular formula is C18H20ClN3O. The van der Waals surface area contributed by atoms with Gasteiger partial charge >= 0.3 is 0 Å². The molecule has 0 bridgehead atoms. The highest BCUT2D eigenvalue weighted by Gasteiger charge is 2.14. The van der Waals surface area contributed by atoms with Gasteiger partial charge in [-0.05, 0) is 31.5 Å². The predicted molar refractivity (Wildman–Crippen MR) is 95.1 cm³/mol. The SMILES string of the molecule is CCCCCn1c(-c2cccc(Cl)c2)nc2[nH]c(C)cc2c1=O. The lowest BCUT2D eigenvalue weighted by Gasteiger charge is -2.12. The Morgan fingerprint density at radius 1 is 1.26 bits per heavy atom. The Balaban J connectivity index is 2.20. The molecule has 0 aliphatic rings. The number of nitrogens with zero attached hydrogens (tertiary/aromatic N) is 2. The van der Waals surface area contributed by atoms with E-state index in [0.717, 1.165) is 30.5 Å². The molecule has 3 rings (SSSR count). The lowest BCUT2D eigenvalue weighted by molar-refractivity contribution is 0.589. The first-order valence-electron chi connectivity index (χ1n) is 7.96. The van der Waals surface area contributed by atoms with Crippen molar-refractivity contribution in [3.05, 3.63) is 51.4 Å². The van der Waals surface area contributed by atoms with E-state index < -0.39 is 0 Å². The van der Waals surface area contributed by atoms with Crippen molar-refractivity contribution in [3.63, 3.8) is 0 Å². The number of aryl methyl sites for hydroxylation is 1. The lowest BCUT2D eigenvalue weighted by Crippen LogP contribution is -2.23. The summed E-state index contributed by atoms with van der Waals surface area (Å²) in [7, 11) is 0. The molecule has 3 aromatic rings. The highest BCUT2D eigenvalue weighted by atomic mass is 35.5. The first-order valence-corrected chi connectivity index (χ1v) is 8.34. The van der Waals surface area contributed by atoms with Crippen LogP contribution in [0.4, 0.5) is 0 Å². The quantitative estimate of drug-likeness (QED) is 0.698. The summed E-state index contributed by atoms with van der Waals surface area (Å²) in [5, 5.41) is 1.28. The minimum atomic E-state index is 0.00503. The van der Waals surface area contributed by atoms with E-state index in [9.17, 15) is 4.79 Å². The Hall–Kier alpha value is -2.07. The maximum Gasteiger partial charge on any atom is 0.263 e. The van der Waals surface area contributed by atoms with Crippen molar-refractivity contribution < 1.29 is 0 Å². The summed E-state index contributed by atoms with van der Waals surface area (Å²) < 4.78 is 1.77. The molecule has 1 N–H and O–H groups in total. The van der Waals surface area contributed by atoms with Crippen molar-refractivity contribution in [1.29, 1.82) is 0 Å². The lowest BCUT2D eigenvalue weighted by atomic mass is 10.2. The number of nitrogens with one attached hydrogen (secondary N) is 1. The van der Waals surface area contributed by atoms with Crippen LogP contribution in [0.5, 0.6) is 0 Å². The van der Waals surface area contributed by atoms with Gasteiger partial charge in [0.25, 0.3) is 5.56 Å². The van der Waals surface area contributed by atoms with E-state index in [2.05, 4.69) is 11.9 Å². The van der Waals surface area contributed by atoms with E-state index in [-0.39, 0.29) is 5.56 Å². The van der Waals surface area contributed by atoms with Crippen LogP contribution in [0.25, 0.3) is 22.4 Å². The normalized spacial score (nSPS) is 11.3. The predicted octanol–water partition coefficient (Wildman–Crippen LogP) is 4.54. The van der Waals surface area contributed by atoms with Crippen molar-refractivity contribution in [2.75, 3.05) is 0 Å². The van der Waals surface area contributed by atoms with Crippen LogP contribution in [0.3, 0.4) is 0 Å². The van der Waals surface area contributed by atoms with Crippen LogP contribution in [0.2, 0.25) is 5.02 Å². The van der Waals surface area contributed by atoms with Gasteiger partial charge in [-0.3, -0.25) is 9.36 Å². The number of halogens is 1. The Labute approximate surface area is 140 Å². The smallest absolute Gasteiger partial charge is 0.263 e. The van der Waals surface area contributed by atoms with Crippen molar-refractivity contribution >= 4 is 22.6 Å². The summed E-state index contributed by atoms with van der Waals surface area (Å²) in [5.74, 6) is 0.669. The molecule has 1 aromatic carbocycles. The van der Waals surface area contributed by atoms with Crippen molar-refractivity contribution in [1.82, 2.24) is 14.5 Å². The fourth-order valence-corrected chi connectivity index (χ4v) is 3.00. The fourth-order valence-electron chi connectivity index (χ4n) is 2.81. The van der Waals surface area contributed by atoms with Crippen LogP contribution >= 0.6 is 11.6 Å². The van der Waals surface area contributed by atoms with Crippen molar-refractivity contribution in [2.45, 2.75) is 39.7 Å². The number of aromatic amines is 1. The van der Waals surface area contributed by atoms with Gasteiger partial charge in [0.2, 0.25) is 0 Å². The zero-order valence-electron chi connectivity index (χ0n) is 13.4. The van der Waals surface area contributed by atoms with E-state index in [1.807, 2.05) is 37.3 Å². The molecule has 0 aliphatic heterocycles. The first kappa shape index (κ1) is 15.8. The van der Waals surface area contributed by atoms with E-state index in [1.165, 1.54) is 0 Å². The molecule has 2 heterocycles. The summed E-state index contributed by atoms with van der Waals surface area (Å²) in [6, 6.07) is 9.35. The molecule has 2 aromatic heterocycles. The van der Waals surface area contributed by atoms with Gasteiger partial charge in [0.05, 0.1) is 5.39 Å². The number of benzene rings is 1. The molecule has 0 spiro atoms. The molecular weight excluding hydrogens is 310 g/mol. The minimum Gasteiger partial charge on any atom is -0.343 e. The Morgan fingerprint density at radius 3 is 2.83 bits per heavy atom. The third kappa shape index (κ3) is 3.17. The van der Waals surface area contributed by atoms with Crippen LogP contribution in [0, 0.1) is 6.92 Å². The molecule has 5 heteroatoms. The summed E-state index contributed by atoms with van der Waals surface area (Å²) in [4.78, 5) is 20.7. The standard InChI is InChI=1S/C18H20ClN3O/c1-3-4-5-9-22-17(13-7-6-8-14(19)11-13)21-16-15(18(22)23)10-12(2)20-16/h6-8,10-11,20H,3-5,9H2,1-2H3. The average Bonchev–Trinajstić information content (AvgIpc) is 2.90. The van der Waals surface area contributed by atoms with E-state index in [1.54, 1.807) is 4.57 Å². The Bertz CT molecular complexity index is 895. The number of aromatic nitrogens is 3. The molecule has 0 saturated heterocycles. The molecule has 0 atom stereocenters. The summed E-state index contributed by atoms with van der Waals surface area (Å²) in [5.41, 5.74) is 2.44. The van der Waals surface area contributed by atoms with Gasteiger partial charge in [0.1, 0.15) is 11.5 Å². The largest absolute Gasteiger partial charge is 0.343 e. The molecule has 23 heavy (non-hydrogen) atoms. The van der Waals surface area contributed by atoms with Crippen LogP contribution < -0.4 is 5.56 Å². The minimum absolute atomic E-state index is 0.00503. The first-order chi connectivity index (χ1) is 11.1. The van der Waals surface area contributed by atoms with Crippen LogP contribution in [-0.2, 0) is 6.54 Å². The maximum absolute atomic E-state index is 12.9. The monoisotopic (exact) mass is 329 g/mol. The number of rotatable bonds is 5. The third-order valence-electron chi connectivity index (χ3n) is 3.95.